The van der Waals surface area contributed by atoms with Gasteiger partial charge >= 0.3 is 0 Å². The number of halogens is 2. The molecule has 0 spiro atoms. The molecule has 1 aliphatic rings. The lowest BCUT2D eigenvalue weighted by Crippen LogP contribution is -2.50. The Labute approximate surface area is 122 Å². The van der Waals surface area contributed by atoms with Gasteiger partial charge in [-0.2, -0.15) is 0 Å². The molecule has 1 aliphatic heterocycles. The third-order valence-electron chi connectivity index (χ3n) is 3.21. The van der Waals surface area contributed by atoms with E-state index >= 15 is 0 Å². The molecule has 1 unspecified atom stereocenters. The summed E-state index contributed by atoms with van der Waals surface area (Å²) >= 11 is 6.51. The molecule has 2 heterocycles. The van der Waals surface area contributed by atoms with Gasteiger partial charge < -0.3 is 10.6 Å². The minimum absolute atomic E-state index is 0.0418. The first kappa shape index (κ1) is 13.9. The van der Waals surface area contributed by atoms with Crippen LogP contribution < -0.4 is 10.6 Å². The van der Waals surface area contributed by atoms with Gasteiger partial charge in [0, 0.05) is 0 Å². The molecule has 2 N–H and O–H groups in total. The van der Waals surface area contributed by atoms with E-state index in [0.29, 0.717) is 15.0 Å². The van der Waals surface area contributed by atoms with Crippen LogP contribution in [0, 0.1) is 0 Å². The Morgan fingerprint density at radius 1 is 1.61 bits per heavy atom. The molecule has 0 saturated carbocycles. The number of carbonyl (C=O) groups excluding carboxylic acids is 1. The van der Waals surface area contributed by atoms with Crippen molar-refractivity contribution >= 4 is 43.6 Å². The normalized spacial score (nSPS) is 23.1. The zero-order valence-corrected chi connectivity index (χ0v) is 13.1. The average Bonchev–Trinajstić information content (AvgIpc) is 2.82. The van der Waals surface area contributed by atoms with Gasteiger partial charge in [0.05, 0.1) is 11.7 Å². The molecule has 0 radical (unpaired) electrons. The smallest absolute Gasteiger partial charge is 0.245 e. The molecule has 1 amide bonds. The van der Waals surface area contributed by atoms with E-state index in [1.165, 1.54) is 0 Å². The number of carbonyl (C=O) groups is 1. The van der Waals surface area contributed by atoms with Crippen LogP contribution in [0.4, 0.5) is 5.82 Å². The Hall–Kier alpha value is -0.530. The lowest BCUT2D eigenvalue weighted by molar-refractivity contribution is -0.122. The van der Waals surface area contributed by atoms with Gasteiger partial charge in [-0.25, -0.2) is 9.97 Å². The Morgan fingerprint density at radius 2 is 2.39 bits per heavy atom. The molecule has 1 fully saturated rings. The van der Waals surface area contributed by atoms with E-state index in [0.717, 1.165) is 25.8 Å². The molecule has 1 aromatic rings. The summed E-state index contributed by atoms with van der Waals surface area (Å²) in [7, 11) is 0. The molecule has 1 saturated heterocycles. The van der Waals surface area contributed by atoms with E-state index in [9.17, 15) is 4.79 Å². The van der Waals surface area contributed by atoms with Crippen molar-refractivity contribution in [2.75, 3.05) is 11.9 Å². The van der Waals surface area contributed by atoms with Gasteiger partial charge in [0.1, 0.15) is 9.21 Å². The van der Waals surface area contributed by atoms with Crippen molar-refractivity contribution < 1.29 is 4.79 Å². The Morgan fingerprint density at radius 3 is 2.94 bits per heavy atom. The Kier molecular flexibility index (Phi) is 4.34. The van der Waals surface area contributed by atoms with E-state index in [1.54, 1.807) is 6.20 Å². The van der Waals surface area contributed by atoms with Crippen molar-refractivity contribution in [1.29, 1.82) is 0 Å². The number of hydrogen-bond donors (Lipinski definition) is 2. The number of hydrogen-bond acceptors (Lipinski definition) is 4. The quantitative estimate of drug-likeness (QED) is 0.849. The van der Waals surface area contributed by atoms with E-state index in [-0.39, 0.29) is 5.91 Å². The van der Waals surface area contributed by atoms with Crippen molar-refractivity contribution in [1.82, 2.24) is 15.3 Å². The molecule has 18 heavy (non-hydrogen) atoms. The third kappa shape index (κ3) is 2.73. The number of aromatic nitrogens is 2. The summed E-state index contributed by atoms with van der Waals surface area (Å²) in [6, 6.07) is 0. The predicted octanol–water partition coefficient (Wildman–Crippen LogP) is 2.47. The van der Waals surface area contributed by atoms with E-state index in [1.807, 2.05) is 6.92 Å². The average molecular weight is 378 g/mol. The first-order chi connectivity index (χ1) is 8.57. The van der Waals surface area contributed by atoms with Gasteiger partial charge in [0.25, 0.3) is 0 Å². The molecule has 98 valence electrons. The van der Waals surface area contributed by atoms with Crippen LogP contribution in [-0.4, -0.2) is 28.0 Å². The summed E-state index contributed by atoms with van der Waals surface area (Å²) in [6.07, 6.45) is 4.20. The van der Waals surface area contributed by atoms with Crippen LogP contribution in [0.5, 0.6) is 0 Å². The van der Waals surface area contributed by atoms with Crippen LogP contribution in [0.2, 0.25) is 0 Å². The molecule has 0 bridgehead atoms. The van der Waals surface area contributed by atoms with Gasteiger partial charge in [0.2, 0.25) is 5.91 Å². The van der Waals surface area contributed by atoms with Crippen molar-refractivity contribution in [3.8, 4) is 0 Å². The summed E-state index contributed by atoms with van der Waals surface area (Å²) in [5.41, 5.74) is -0.464. The van der Waals surface area contributed by atoms with Gasteiger partial charge in [-0.1, -0.05) is 6.92 Å². The van der Waals surface area contributed by atoms with E-state index in [2.05, 4.69) is 52.5 Å². The second-order valence-corrected chi connectivity index (χ2v) is 5.82. The monoisotopic (exact) mass is 376 g/mol. The zero-order valence-electron chi connectivity index (χ0n) is 9.96. The van der Waals surface area contributed by atoms with Crippen LogP contribution >= 0.6 is 31.9 Å². The van der Waals surface area contributed by atoms with Gasteiger partial charge in [0.15, 0.2) is 5.82 Å². The summed E-state index contributed by atoms with van der Waals surface area (Å²) in [4.78, 5) is 20.6. The van der Waals surface area contributed by atoms with Crippen LogP contribution in [0.1, 0.15) is 26.2 Å². The first-order valence-corrected chi connectivity index (χ1v) is 7.40. The van der Waals surface area contributed by atoms with Crippen LogP contribution in [0.3, 0.4) is 0 Å². The number of amides is 1. The Balaban J connectivity index is 2.15. The fraction of sp³-hybridized carbons (Fsp3) is 0.545. The van der Waals surface area contributed by atoms with Crippen molar-refractivity contribution in [2.24, 2.45) is 0 Å². The lowest BCUT2D eigenvalue weighted by Gasteiger charge is -2.26. The van der Waals surface area contributed by atoms with Crippen molar-refractivity contribution in [2.45, 2.75) is 31.7 Å². The molecule has 0 aliphatic carbocycles. The summed E-state index contributed by atoms with van der Waals surface area (Å²) in [6.45, 7) is 2.90. The van der Waals surface area contributed by atoms with Crippen molar-refractivity contribution in [3.63, 3.8) is 0 Å². The number of nitrogens with one attached hydrogen (secondary N) is 2. The highest BCUT2D eigenvalue weighted by molar-refractivity contribution is 9.11. The standard InChI is InChI=1S/C11H14Br2N4O/c1-2-11(4-3-5-15-11)10(18)17-9-8(13)16-7(12)6-14-9/h6,15H,2-5H2,1H3,(H,14,17,18). The fourth-order valence-corrected chi connectivity index (χ4v) is 3.03. The summed E-state index contributed by atoms with van der Waals surface area (Å²) in [5.74, 6) is 0.407. The second-order valence-electron chi connectivity index (χ2n) is 4.25. The lowest BCUT2D eigenvalue weighted by atomic mass is 9.93. The SMILES string of the molecule is CCC1(C(=O)Nc2ncc(Br)nc2Br)CCCN1. The van der Waals surface area contributed by atoms with Crippen LogP contribution in [0.25, 0.3) is 0 Å². The highest BCUT2D eigenvalue weighted by atomic mass is 79.9. The summed E-state index contributed by atoms with van der Waals surface area (Å²) in [5, 5.41) is 6.11. The molecular weight excluding hydrogens is 364 g/mol. The zero-order chi connectivity index (χ0) is 13.2. The molecule has 2 rings (SSSR count). The second kappa shape index (κ2) is 5.63. The predicted molar refractivity (Wildman–Crippen MR) is 76.3 cm³/mol. The molecule has 0 aromatic carbocycles. The molecule has 5 nitrogen and oxygen atoms in total. The highest BCUT2D eigenvalue weighted by Gasteiger charge is 2.39. The van der Waals surface area contributed by atoms with Crippen LogP contribution in [0.15, 0.2) is 15.4 Å². The first-order valence-electron chi connectivity index (χ1n) is 5.82. The number of nitrogens with zero attached hydrogens (tertiary/aromatic N) is 2. The topological polar surface area (TPSA) is 66.9 Å². The van der Waals surface area contributed by atoms with Gasteiger partial charge in [-0.05, 0) is 57.7 Å². The number of anilines is 1. The fourth-order valence-electron chi connectivity index (χ4n) is 2.12. The minimum Gasteiger partial charge on any atom is -0.307 e. The molecule has 1 atom stereocenters. The number of rotatable bonds is 3. The summed E-state index contributed by atoms with van der Waals surface area (Å²) < 4.78 is 1.14. The maximum absolute atomic E-state index is 12.3. The Bertz CT molecular complexity index is 460. The van der Waals surface area contributed by atoms with E-state index < -0.39 is 5.54 Å². The maximum atomic E-state index is 12.3. The highest BCUT2D eigenvalue weighted by Crippen LogP contribution is 2.26. The largest absolute Gasteiger partial charge is 0.307 e. The van der Waals surface area contributed by atoms with Gasteiger partial charge in [-0.15, -0.1) is 0 Å². The maximum Gasteiger partial charge on any atom is 0.245 e. The minimum atomic E-state index is -0.464. The molecule has 1 aromatic heterocycles. The van der Waals surface area contributed by atoms with Crippen LogP contribution in [-0.2, 0) is 4.79 Å². The van der Waals surface area contributed by atoms with Crippen molar-refractivity contribution in [3.05, 3.63) is 15.4 Å². The third-order valence-corrected chi connectivity index (χ3v) is 4.15. The van der Waals surface area contributed by atoms with E-state index in [4.69, 9.17) is 0 Å². The van der Waals surface area contributed by atoms with Gasteiger partial charge in [-0.3, -0.25) is 4.79 Å². The molecular formula is C11H14Br2N4O. The molecule has 7 heteroatoms.